The highest BCUT2D eigenvalue weighted by Crippen LogP contribution is 2.31. The normalized spacial score (nSPS) is 15.3. The highest BCUT2D eigenvalue weighted by molar-refractivity contribution is 5.40. The number of pyridine rings is 1. The van der Waals surface area contributed by atoms with Gasteiger partial charge in [-0.25, -0.2) is 4.98 Å². The lowest BCUT2D eigenvalue weighted by Gasteiger charge is -2.28. The molecule has 1 aromatic heterocycles. The molecule has 0 aromatic carbocycles. The number of rotatable bonds is 6. The molecule has 0 aliphatic heterocycles. The average molecular weight is 233 g/mol. The van der Waals surface area contributed by atoms with Crippen LogP contribution in [0.5, 0.6) is 0 Å². The maximum atomic E-state index is 4.59. The number of nitrogens with one attached hydrogen (secondary N) is 1. The van der Waals surface area contributed by atoms with E-state index in [1.807, 2.05) is 13.2 Å². The number of anilines is 1. The molecule has 3 nitrogen and oxygen atoms in total. The summed E-state index contributed by atoms with van der Waals surface area (Å²) in [5.74, 6) is 2.02. The topological polar surface area (TPSA) is 28.2 Å². The zero-order valence-electron chi connectivity index (χ0n) is 11.1. The second kappa shape index (κ2) is 5.50. The minimum atomic E-state index is 0.526. The van der Waals surface area contributed by atoms with Crippen molar-refractivity contribution in [2.24, 2.45) is 5.92 Å². The van der Waals surface area contributed by atoms with Crippen LogP contribution in [0.1, 0.15) is 32.3 Å². The van der Waals surface area contributed by atoms with E-state index in [1.165, 1.54) is 18.4 Å². The number of hydrogen-bond donors (Lipinski definition) is 1. The highest BCUT2D eigenvalue weighted by atomic mass is 15.2. The van der Waals surface area contributed by atoms with Crippen LogP contribution in [0.25, 0.3) is 0 Å². The van der Waals surface area contributed by atoms with Gasteiger partial charge in [-0.2, -0.15) is 0 Å². The Balaban J connectivity index is 2.06. The molecule has 1 saturated carbocycles. The van der Waals surface area contributed by atoms with Gasteiger partial charge >= 0.3 is 0 Å². The SMILES string of the molecule is CNCc1ccc(N(CC2CC2)C(C)C)nc1. The van der Waals surface area contributed by atoms with Gasteiger partial charge in [0.15, 0.2) is 0 Å². The Labute approximate surface area is 104 Å². The van der Waals surface area contributed by atoms with E-state index in [2.05, 4.69) is 41.2 Å². The molecular weight excluding hydrogens is 210 g/mol. The molecule has 1 aliphatic carbocycles. The Morgan fingerprint density at radius 2 is 2.18 bits per heavy atom. The molecule has 0 spiro atoms. The number of hydrogen-bond acceptors (Lipinski definition) is 3. The molecule has 1 heterocycles. The van der Waals surface area contributed by atoms with Crippen LogP contribution >= 0.6 is 0 Å². The smallest absolute Gasteiger partial charge is 0.128 e. The van der Waals surface area contributed by atoms with Crippen LogP contribution in [-0.2, 0) is 6.54 Å². The third-order valence-electron chi connectivity index (χ3n) is 3.26. The molecule has 0 amide bonds. The van der Waals surface area contributed by atoms with Gasteiger partial charge in [-0.1, -0.05) is 6.07 Å². The molecule has 1 aliphatic rings. The fourth-order valence-electron chi connectivity index (χ4n) is 2.04. The summed E-state index contributed by atoms with van der Waals surface area (Å²) >= 11 is 0. The van der Waals surface area contributed by atoms with E-state index < -0.39 is 0 Å². The summed E-state index contributed by atoms with van der Waals surface area (Å²) in [6.45, 7) is 6.53. The predicted molar refractivity (Wildman–Crippen MR) is 72.2 cm³/mol. The van der Waals surface area contributed by atoms with Crippen molar-refractivity contribution in [3.8, 4) is 0 Å². The zero-order chi connectivity index (χ0) is 12.3. The molecule has 0 radical (unpaired) electrons. The van der Waals surface area contributed by atoms with Gasteiger partial charge in [-0.3, -0.25) is 0 Å². The lowest BCUT2D eigenvalue weighted by Crippen LogP contribution is -2.33. The zero-order valence-corrected chi connectivity index (χ0v) is 11.1. The van der Waals surface area contributed by atoms with Crippen LogP contribution < -0.4 is 10.2 Å². The van der Waals surface area contributed by atoms with E-state index >= 15 is 0 Å². The summed E-state index contributed by atoms with van der Waals surface area (Å²) in [4.78, 5) is 7.00. The molecule has 0 saturated heterocycles. The summed E-state index contributed by atoms with van der Waals surface area (Å²) in [5.41, 5.74) is 1.24. The summed E-state index contributed by atoms with van der Waals surface area (Å²) in [6.07, 6.45) is 4.76. The van der Waals surface area contributed by atoms with Gasteiger partial charge in [-0.15, -0.1) is 0 Å². The Morgan fingerprint density at radius 3 is 2.65 bits per heavy atom. The van der Waals surface area contributed by atoms with E-state index in [0.717, 1.165) is 24.8 Å². The van der Waals surface area contributed by atoms with Crippen molar-refractivity contribution in [3.63, 3.8) is 0 Å². The maximum Gasteiger partial charge on any atom is 0.128 e. The molecule has 17 heavy (non-hydrogen) atoms. The van der Waals surface area contributed by atoms with Crippen molar-refractivity contribution < 1.29 is 0 Å². The predicted octanol–water partition coefficient (Wildman–Crippen LogP) is 2.43. The van der Waals surface area contributed by atoms with Crippen molar-refractivity contribution in [1.29, 1.82) is 0 Å². The Morgan fingerprint density at radius 1 is 1.41 bits per heavy atom. The van der Waals surface area contributed by atoms with E-state index in [1.54, 1.807) is 0 Å². The van der Waals surface area contributed by atoms with Crippen LogP contribution in [-0.4, -0.2) is 24.6 Å². The van der Waals surface area contributed by atoms with Gasteiger partial charge in [0.1, 0.15) is 5.82 Å². The third-order valence-corrected chi connectivity index (χ3v) is 3.26. The minimum Gasteiger partial charge on any atom is -0.354 e. The molecule has 94 valence electrons. The molecular formula is C14H23N3. The summed E-state index contributed by atoms with van der Waals surface area (Å²) < 4.78 is 0. The van der Waals surface area contributed by atoms with Crippen molar-refractivity contribution in [2.45, 2.75) is 39.3 Å². The van der Waals surface area contributed by atoms with Crippen LogP contribution in [0.2, 0.25) is 0 Å². The quantitative estimate of drug-likeness (QED) is 0.818. The standard InChI is InChI=1S/C14H23N3/c1-11(2)17(10-12-4-5-12)14-7-6-13(8-15-3)9-16-14/h6-7,9,11-12,15H,4-5,8,10H2,1-3H3. The molecule has 1 fully saturated rings. The van der Waals surface area contributed by atoms with Crippen LogP contribution in [0.4, 0.5) is 5.82 Å². The second-order valence-corrected chi connectivity index (χ2v) is 5.24. The van der Waals surface area contributed by atoms with E-state index in [9.17, 15) is 0 Å². The Bertz CT molecular complexity index is 341. The van der Waals surface area contributed by atoms with Crippen molar-refractivity contribution in [2.75, 3.05) is 18.5 Å². The molecule has 2 rings (SSSR count). The van der Waals surface area contributed by atoms with Crippen LogP contribution in [0.15, 0.2) is 18.3 Å². The molecule has 1 aromatic rings. The van der Waals surface area contributed by atoms with Crippen LogP contribution in [0.3, 0.4) is 0 Å². The first-order valence-corrected chi connectivity index (χ1v) is 6.57. The van der Waals surface area contributed by atoms with E-state index in [4.69, 9.17) is 0 Å². The van der Waals surface area contributed by atoms with Gasteiger partial charge in [0.05, 0.1) is 0 Å². The Hall–Kier alpha value is -1.09. The largest absolute Gasteiger partial charge is 0.354 e. The van der Waals surface area contributed by atoms with Crippen molar-refractivity contribution in [3.05, 3.63) is 23.9 Å². The van der Waals surface area contributed by atoms with Gasteiger partial charge in [0, 0.05) is 25.3 Å². The first-order valence-electron chi connectivity index (χ1n) is 6.57. The fraction of sp³-hybridized carbons (Fsp3) is 0.643. The van der Waals surface area contributed by atoms with Gasteiger partial charge in [0.25, 0.3) is 0 Å². The molecule has 0 atom stereocenters. The average Bonchev–Trinajstić information content (AvgIpc) is 3.11. The summed E-state index contributed by atoms with van der Waals surface area (Å²) in [5, 5.41) is 3.14. The fourth-order valence-corrected chi connectivity index (χ4v) is 2.04. The van der Waals surface area contributed by atoms with Gasteiger partial charge in [-0.05, 0) is 51.3 Å². The number of nitrogens with zero attached hydrogens (tertiary/aromatic N) is 2. The summed E-state index contributed by atoms with van der Waals surface area (Å²) in [7, 11) is 1.96. The third kappa shape index (κ3) is 3.43. The van der Waals surface area contributed by atoms with E-state index in [0.29, 0.717) is 6.04 Å². The van der Waals surface area contributed by atoms with Crippen molar-refractivity contribution in [1.82, 2.24) is 10.3 Å². The molecule has 3 heteroatoms. The van der Waals surface area contributed by atoms with Crippen molar-refractivity contribution >= 4 is 5.82 Å². The minimum absolute atomic E-state index is 0.526. The Kier molecular flexibility index (Phi) is 4.00. The number of aromatic nitrogens is 1. The second-order valence-electron chi connectivity index (χ2n) is 5.24. The van der Waals surface area contributed by atoms with Gasteiger partial charge in [0.2, 0.25) is 0 Å². The monoisotopic (exact) mass is 233 g/mol. The molecule has 0 unspecified atom stereocenters. The van der Waals surface area contributed by atoms with E-state index in [-0.39, 0.29) is 0 Å². The molecule has 0 bridgehead atoms. The highest BCUT2D eigenvalue weighted by Gasteiger charge is 2.26. The lowest BCUT2D eigenvalue weighted by atomic mass is 10.2. The summed E-state index contributed by atoms with van der Waals surface area (Å²) in [6, 6.07) is 4.84. The van der Waals surface area contributed by atoms with Crippen LogP contribution in [0, 0.1) is 5.92 Å². The first kappa shape index (κ1) is 12.4. The first-order chi connectivity index (χ1) is 8.20. The molecule has 1 N–H and O–H groups in total. The van der Waals surface area contributed by atoms with Gasteiger partial charge < -0.3 is 10.2 Å². The lowest BCUT2D eigenvalue weighted by molar-refractivity contribution is 0.636. The maximum absolute atomic E-state index is 4.59.